The zero-order valence-corrected chi connectivity index (χ0v) is 19.9. The van der Waals surface area contributed by atoms with Gasteiger partial charge in [-0.1, -0.05) is 62.4 Å². The second-order valence-corrected chi connectivity index (χ2v) is 9.60. The van der Waals surface area contributed by atoms with Crippen LogP contribution in [0.2, 0.25) is 0 Å². The number of carboxylic acids is 1. The van der Waals surface area contributed by atoms with Gasteiger partial charge in [-0.05, 0) is 47.9 Å². The first kappa shape index (κ1) is 23.8. The van der Waals surface area contributed by atoms with Crippen LogP contribution in [0, 0.1) is 11.8 Å². The van der Waals surface area contributed by atoms with Crippen LogP contribution in [0.1, 0.15) is 50.7 Å². The number of nitrogens with one attached hydrogen (secondary N) is 1. The standard InChI is InChI=1S/C27H32N2O5/c1-4-27(3,25(32)29-14-13-18(24(30)31)17(2)15-29)28-26(33)34-16-23-21-11-7-5-9-19(21)20-10-6-8-12-22(20)23/h5-12,17-18,23H,4,13-16H2,1-3H3,(H,28,33)(H,30,31). The lowest BCUT2D eigenvalue weighted by Gasteiger charge is -2.40. The lowest BCUT2D eigenvalue weighted by Crippen LogP contribution is -2.60. The second kappa shape index (κ2) is 9.49. The van der Waals surface area contributed by atoms with E-state index >= 15 is 0 Å². The van der Waals surface area contributed by atoms with Gasteiger partial charge >= 0.3 is 12.1 Å². The third-order valence-corrected chi connectivity index (χ3v) is 7.41. The molecule has 1 saturated heterocycles. The van der Waals surface area contributed by atoms with Gasteiger partial charge in [0.05, 0.1) is 5.92 Å². The van der Waals surface area contributed by atoms with Crippen molar-refractivity contribution in [3.8, 4) is 11.1 Å². The van der Waals surface area contributed by atoms with Crippen LogP contribution in [-0.2, 0) is 14.3 Å². The predicted octanol–water partition coefficient (Wildman–Crippen LogP) is 4.26. The molecule has 0 saturated carbocycles. The minimum absolute atomic E-state index is 0.0577. The van der Waals surface area contributed by atoms with E-state index in [0.717, 1.165) is 22.3 Å². The number of benzene rings is 2. The Kier molecular flexibility index (Phi) is 6.64. The van der Waals surface area contributed by atoms with Crippen LogP contribution in [0.15, 0.2) is 48.5 Å². The average Bonchev–Trinajstić information content (AvgIpc) is 3.15. The van der Waals surface area contributed by atoms with Gasteiger partial charge in [-0.25, -0.2) is 4.79 Å². The van der Waals surface area contributed by atoms with Gasteiger partial charge in [-0.2, -0.15) is 0 Å². The highest BCUT2D eigenvalue weighted by atomic mass is 16.5. The van der Waals surface area contributed by atoms with Crippen LogP contribution in [0.5, 0.6) is 0 Å². The van der Waals surface area contributed by atoms with Gasteiger partial charge in [0.15, 0.2) is 0 Å². The predicted molar refractivity (Wildman–Crippen MR) is 128 cm³/mol. The highest BCUT2D eigenvalue weighted by Gasteiger charge is 2.41. The Hall–Kier alpha value is -3.35. The first-order valence-electron chi connectivity index (χ1n) is 11.9. The summed E-state index contributed by atoms with van der Waals surface area (Å²) in [5.41, 5.74) is 3.43. The number of carbonyl (C=O) groups is 3. The highest BCUT2D eigenvalue weighted by molar-refractivity contribution is 5.90. The minimum atomic E-state index is -1.13. The number of likely N-dealkylation sites (tertiary alicyclic amines) is 1. The maximum absolute atomic E-state index is 13.3. The first-order valence-corrected chi connectivity index (χ1v) is 11.9. The van der Waals surface area contributed by atoms with Gasteiger partial charge in [0.1, 0.15) is 12.1 Å². The van der Waals surface area contributed by atoms with Crippen LogP contribution < -0.4 is 5.32 Å². The van der Waals surface area contributed by atoms with Crippen molar-refractivity contribution in [1.82, 2.24) is 10.2 Å². The van der Waals surface area contributed by atoms with Crippen molar-refractivity contribution >= 4 is 18.0 Å². The zero-order valence-electron chi connectivity index (χ0n) is 19.9. The molecule has 2 aromatic rings. The van der Waals surface area contributed by atoms with E-state index in [1.807, 2.05) is 38.1 Å². The van der Waals surface area contributed by atoms with Gasteiger partial charge in [-0.15, -0.1) is 0 Å². The van der Waals surface area contributed by atoms with Crippen molar-refractivity contribution in [2.75, 3.05) is 19.7 Å². The molecule has 3 atom stereocenters. The Bertz CT molecular complexity index is 1050. The fourth-order valence-electron chi connectivity index (χ4n) is 5.20. The molecule has 1 fully saturated rings. The number of rotatable bonds is 6. The van der Waals surface area contributed by atoms with E-state index in [2.05, 4.69) is 29.6 Å². The third-order valence-electron chi connectivity index (χ3n) is 7.41. The Balaban J connectivity index is 1.41. The Labute approximate surface area is 200 Å². The zero-order chi connectivity index (χ0) is 24.5. The number of amides is 2. The quantitative estimate of drug-likeness (QED) is 0.666. The number of hydrogen-bond donors (Lipinski definition) is 2. The minimum Gasteiger partial charge on any atom is -0.481 e. The number of nitrogens with zero attached hydrogens (tertiary/aromatic N) is 1. The molecule has 0 bridgehead atoms. The van der Waals surface area contributed by atoms with Crippen molar-refractivity contribution < 1.29 is 24.2 Å². The van der Waals surface area contributed by atoms with Crippen LogP contribution >= 0.6 is 0 Å². The average molecular weight is 465 g/mol. The number of hydrogen-bond acceptors (Lipinski definition) is 4. The number of carboxylic acid groups (broad SMARTS) is 1. The van der Waals surface area contributed by atoms with E-state index in [1.54, 1.807) is 11.8 Å². The molecule has 1 aliphatic heterocycles. The fraction of sp³-hybridized carbons (Fsp3) is 0.444. The summed E-state index contributed by atoms with van der Waals surface area (Å²) in [6.45, 7) is 6.29. The molecule has 0 radical (unpaired) electrons. The molecular weight excluding hydrogens is 432 g/mol. The molecule has 0 spiro atoms. The summed E-state index contributed by atoms with van der Waals surface area (Å²) in [6, 6.07) is 16.3. The number of ether oxygens (including phenoxy) is 1. The molecule has 0 aromatic heterocycles. The van der Waals surface area contributed by atoms with Crippen LogP contribution in [0.3, 0.4) is 0 Å². The van der Waals surface area contributed by atoms with Crippen molar-refractivity contribution in [3.05, 3.63) is 59.7 Å². The smallest absolute Gasteiger partial charge is 0.408 e. The maximum atomic E-state index is 13.3. The molecule has 1 heterocycles. The molecule has 7 nitrogen and oxygen atoms in total. The number of alkyl carbamates (subject to hydrolysis) is 1. The van der Waals surface area contributed by atoms with E-state index in [4.69, 9.17) is 4.74 Å². The lowest BCUT2D eigenvalue weighted by molar-refractivity contribution is -0.150. The monoisotopic (exact) mass is 464 g/mol. The van der Waals surface area contributed by atoms with Crippen molar-refractivity contribution in [1.29, 1.82) is 0 Å². The highest BCUT2D eigenvalue weighted by Crippen LogP contribution is 2.44. The van der Waals surface area contributed by atoms with E-state index in [9.17, 15) is 19.5 Å². The summed E-state index contributed by atoms with van der Waals surface area (Å²) in [5.74, 6) is -1.69. The molecule has 7 heteroatoms. The van der Waals surface area contributed by atoms with Gasteiger partial charge in [0, 0.05) is 19.0 Å². The van der Waals surface area contributed by atoms with E-state index in [-0.39, 0.29) is 24.3 Å². The van der Waals surface area contributed by atoms with Crippen molar-refractivity contribution in [3.63, 3.8) is 0 Å². The molecule has 2 aliphatic rings. The summed E-state index contributed by atoms with van der Waals surface area (Å²) in [6.07, 6.45) is 0.170. The molecule has 3 unspecified atom stereocenters. The summed E-state index contributed by atoms with van der Waals surface area (Å²) in [7, 11) is 0. The number of aliphatic carboxylic acids is 1. The normalized spacial score (nSPS) is 21.2. The molecule has 4 rings (SSSR count). The number of piperidine rings is 1. The molecular formula is C27H32N2O5. The Morgan fingerprint density at radius 2 is 1.68 bits per heavy atom. The van der Waals surface area contributed by atoms with Crippen LogP contribution in [0.25, 0.3) is 11.1 Å². The van der Waals surface area contributed by atoms with Gasteiger partial charge in [0.2, 0.25) is 5.91 Å². The van der Waals surface area contributed by atoms with Gasteiger partial charge in [-0.3, -0.25) is 9.59 Å². The summed E-state index contributed by atoms with van der Waals surface area (Å²) >= 11 is 0. The topological polar surface area (TPSA) is 95.9 Å². The van der Waals surface area contributed by atoms with Crippen molar-refractivity contribution in [2.45, 2.75) is 45.1 Å². The maximum Gasteiger partial charge on any atom is 0.408 e. The van der Waals surface area contributed by atoms with Gasteiger partial charge < -0.3 is 20.1 Å². The molecule has 2 N–H and O–H groups in total. The second-order valence-electron chi connectivity index (χ2n) is 9.60. The van der Waals surface area contributed by atoms with Crippen molar-refractivity contribution in [2.24, 2.45) is 11.8 Å². The van der Waals surface area contributed by atoms with E-state index < -0.39 is 23.5 Å². The number of carbonyl (C=O) groups excluding carboxylic acids is 2. The SMILES string of the molecule is CCC(C)(NC(=O)OCC1c2ccccc2-c2ccccc21)C(=O)N1CCC(C(=O)O)C(C)C1. The molecule has 2 amide bonds. The molecule has 1 aliphatic carbocycles. The molecule has 34 heavy (non-hydrogen) atoms. The van der Waals surface area contributed by atoms with Crippen LogP contribution in [-0.4, -0.2) is 53.2 Å². The molecule has 2 aromatic carbocycles. The fourth-order valence-corrected chi connectivity index (χ4v) is 5.20. The van der Waals surface area contributed by atoms with Gasteiger partial charge in [0.25, 0.3) is 0 Å². The summed E-state index contributed by atoms with van der Waals surface area (Å²) in [4.78, 5) is 39.2. The molecule has 180 valence electrons. The first-order chi connectivity index (χ1) is 16.2. The Morgan fingerprint density at radius 1 is 1.09 bits per heavy atom. The van der Waals surface area contributed by atoms with Crippen LogP contribution in [0.4, 0.5) is 4.79 Å². The summed E-state index contributed by atoms with van der Waals surface area (Å²) < 4.78 is 5.65. The number of fused-ring (bicyclic) bond motifs is 3. The van der Waals surface area contributed by atoms with E-state index in [0.29, 0.717) is 25.9 Å². The summed E-state index contributed by atoms with van der Waals surface area (Å²) in [5, 5.41) is 12.1. The Morgan fingerprint density at radius 3 is 2.21 bits per heavy atom. The lowest BCUT2D eigenvalue weighted by atomic mass is 9.85. The largest absolute Gasteiger partial charge is 0.481 e. The third kappa shape index (κ3) is 4.39. The van der Waals surface area contributed by atoms with E-state index in [1.165, 1.54) is 0 Å².